The highest BCUT2D eigenvalue weighted by molar-refractivity contribution is 14.0. The molecule has 0 spiro atoms. The SMILES string of the molecule is CCCCCN=C(N)NCCc1cccs1.I. The van der Waals surface area contributed by atoms with Gasteiger partial charge >= 0.3 is 0 Å². The first-order chi connectivity index (χ1) is 7.83. The predicted octanol–water partition coefficient (Wildman–Crippen LogP) is 3.00. The van der Waals surface area contributed by atoms with Gasteiger partial charge in [0.05, 0.1) is 0 Å². The van der Waals surface area contributed by atoms with Gasteiger partial charge in [0.2, 0.25) is 0 Å². The first-order valence-corrected chi connectivity index (χ1v) is 6.77. The molecule has 0 bridgehead atoms. The summed E-state index contributed by atoms with van der Waals surface area (Å²) in [4.78, 5) is 5.65. The van der Waals surface area contributed by atoms with E-state index in [-0.39, 0.29) is 24.0 Å². The zero-order valence-corrected chi connectivity index (χ0v) is 13.5. The summed E-state index contributed by atoms with van der Waals surface area (Å²) in [5.41, 5.74) is 5.74. The number of unbranched alkanes of at least 4 members (excludes halogenated alkanes) is 2. The van der Waals surface area contributed by atoms with Crippen LogP contribution in [0.5, 0.6) is 0 Å². The second-order valence-electron chi connectivity index (χ2n) is 3.73. The quantitative estimate of drug-likeness (QED) is 0.337. The Hall–Kier alpha value is -0.300. The molecule has 0 aliphatic rings. The van der Waals surface area contributed by atoms with Crippen molar-refractivity contribution in [2.24, 2.45) is 10.7 Å². The Labute approximate surface area is 125 Å². The second kappa shape index (κ2) is 10.8. The number of hydrogen-bond acceptors (Lipinski definition) is 2. The average Bonchev–Trinajstić information content (AvgIpc) is 2.77. The lowest BCUT2D eigenvalue weighted by Gasteiger charge is -2.04. The van der Waals surface area contributed by atoms with Gasteiger partial charge in [-0.3, -0.25) is 4.99 Å². The van der Waals surface area contributed by atoms with Gasteiger partial charge in [0, 0.05) is 18.0 Å². The van der Waals surface area contributed by atoms with E-state index in [9.17, 15) is 0 Å². The lowest BCUT2D eigenvalue weighted by molar-refractivity contribution is 0.723. The normalized spacial score (nSPS) is 11.0. The third-order valence-electron chi connectivity index (χ3n) is 2.30. The van der Waals surface area contributed by atoms with Gasteiger partial charge in [-0.1, -0.05) is 25.8 Å². The van der Waals surface area contributed by atoms with Crippen LogP contribution in [0.1, 0.15) is 31.1 Å². The van der Waals surface area contributed by atoms with Gasteiger partial charge in [0.15, 0.2) is 5.96 Å². The monoisotopic (exact) mass is 367 g/mol. The topological polar surface area (TPSA) is 50.4 Å². The van der Waals surface area contributed by atoms with Crippen molar-refractivity contribution in [3.63, 3.8) is 0 Å². The molecule has 1 aromatic heterocycles. The van der Waals surface area contributed by atoms with Gasteiger partial charge in [0.1, 0.15) is 0 Å². The maximum Gasteiger partial charge on any atom is 0.188 e. The van der Waals surface area contributed by atoms with Crippen LogP contribution in [0.25, 0.3) is 0 Å². The number of rotatable bonds is 7. The molecule has 0 amide bonds. The lowest BCUT2D eigenvalue weighted by Crippen LogP contribution is -2.33. The number of halogens is 1. The van der Waals surface area contributed by atoms with Crippen molar-refractivity contribution >= 4 is 41.3 Å². The Morgan fingerprint density at radius 1 is 1.47 bits per heavy atom. The third-order valence-corrected chi connectivity index (χ3v) is 3.24. The Morgan fingerprint density at radius 2 is 2.29 bits per heavy atom. The van der Waals surface area contributed by atoms with Crippen LogP contribution in [0, 0.1) is 0 Å². The molecule has 1 aromatic rings. The second-order valence-corrected chi connectivity index (χ2v) is 4.76. The number of thiophene rings is 1. The maximum absolute atomic E-state index is 5.74. The summed E-state index contributed by atoms with van der Waals surface area (Å²) in [5, 5.41) is 5.23. The minimum absolute atomic E-state index is 0. The first kappa shape index (κ1) is 16.7. The van der Waals surface area contributed by atoms with Crippen molar-refractivity contribution in [2.75, 3.05) is 13.1 Å². The van der Waals surface area contributed by atoms with Crippen molar-refractivity contribution in [3.05, 3.63) is 22.4 Å². The van der Waals surface area contributed by atoms with Crippen LogP contribution in [0.4, 0.5) is 0 Å². The standard InChI is InChI=1S/C12H21N3S.HI/c1-2-3-4-8-14-12(13)15-9-7-11-6-5-10-16-11;/h5-6,10H,2-4,7-9H2,1H3,(H3,13,14,15);1H. The van der Waals surface area contributed by atoms with E-state index in [0.717, 1.165) is 25.9 Å². The van der Waals surface area contributed by atoms with E-state index >= 15 is 0 Å². The Kier molecular flexibility index (Phi) is 10.6. The molecule has 1 rings (SSSR count). The molecule has 0 unspecified atom stereocenters. The van der Waals surface area contributed by atoms with Crippen molar-refractivity contribution in [2.45, 2.75) is 32.6 Å². The van der Waals surface area contributed by atoms with Crippen LogP contribution < -0.4 is 11.1 Å². The van der Waals surface area contributed by atoms with Crippen molar-refractivity contribution in [1.82, 2.24) is 5.32 Å². The van der Waals surface area contributed by atoms with E-state index in [1.807, 2.05) is 0 Å². The van der Waals surface area contributed by atoms with E-state index < -0.39 is 0 Å². The van der Waals surface area contributed by atoms with Gasteiger partial charge in [-0.05, 0) is 24.3 Å². The average molecular weight is 367 g/mol. The zero-order chi connectivity index (χ0) is 11.6. The molecule has 0 saturated carbocycles. The fourth-order valence-corrected chi connectivity index (χ4v) is 2.09. The van der Waals surface area contributed by atoms with E-state index in [4.69, 9.17) is 5.73 Å². The highest BCUT2D eigenvalue weighted by Crippen LogP contribution is 2.07. The molecule has 1 heterocycles. The molecule has 0 radical (unpaired) electrons. The first-order valence-electron chi connectivity index (χ1n) is 5.89. The Balaban J connectivity index is 0.00000256. The van der Waals surface area contributed by atoms with Gasteiger partial charge in [-0.25, -0.2) is 0 Å². The van der Waals surface area contributed by atoms with Crippen molar-refractivity contribution in [1.29, 1.82) is 0 Å². The summed E-state index contributed by atoms with van der Waals surface area (Å²) in [7, 11) is 0. The molecule has 17 heavy (non-hydrogen) atoms. The molecule has 0 saturated heterocycles. The van der Waals surface area contributed by atoms with Crippen LogP contribution in [0.2, 0.25) is 0 Å². The maximum atomic E-state index is 5.74. The Bertz CT molecular complexity index is 299. The number of hydrogen-bond donors (Lipinski definition) is 2. The zero-order valence-electron chi connectivity index (χ0n) is 10.3. The number of aliphatic imine (C=N–C) groups is 1. The molecular weight excluding hydrogens is 345 g/mol. The van der Waals surface area contributed by atoms with E-state index in [0.29, 0.717) is 5.96 Å². The smallest absolute Gasteiger partial charge is 0.188 e. The minimum Gasteiger partial charge on any atom is -0.370 e. The van der Waals surface area contributed by atoms with Crippen molar-refractivity contribution < 1.29 is 0 Å². The van der Waals surface area contributed by atoms with Crippen LogP contribution in [0.3, 0.4) is 0 Å². The third kappa shape index (κ3) is 8.43. The fraction of sp³-hybridized carbons (Fsp3) is 0.583. The molecule has 0 fully saturated rings. The van der Waals surface area contributed by atoms with Gasteiger partial charge < -0.3 is 11.1 Å². The van der Waals surface area contributed by atoms with Crippen LogP contribution in [-0.4, -0.2) is 19.0 Å². The summed E-state index contributed by atoms with van der Waals surface area (Å²) in [6.45, 7) is 3.89. The summed E-state index contributed by atoms with van der Waals surface area (Å²) < 4.78 is 0. The molecule has 3 N–H and O–H groups in total. The summed E-state index contributed by atoms with van der Waals surface area (Å²) in [5.74, 6) is 0.577. The molecule has 0 aliphatic carbocycles. The number of nitrogens with one attached hydrogen (secondary N) is 1. The van der Waals surface area contributed by atoms with E-state index in [2.05, 4.69) is 34.7 Å². The van der Waals surface area contributed by atoms with Crippen LogP contribution >= 0.6 is 35.3 Å². The number of guanidine groups is 1. The summed E-state index contributed by atoms with van der Waals surface area (Å²) in [6, 6.07) is 4.21. The number of nitrogens with two attached hydrogens (primary N) is 1. The van der Waals surface area contributed by atoms with E-state index in [1.54, 1.807) is 11.3 Å². The molecule has 0 atom stereocenters. The van der Waals surface area contributed by atoms with Gasteiger partial charge in [-0.15, -0.1) is 35.3 Å². The molecule has 5 heteroatoms. The van der Waals surface area contributed by atoms with E-state index in [1.165, 1.54) is 17.7 Å². The largest absolute Gasteiger partial charge is 0.370 e. The lowest BCUT2D eigenvalue weighted by atomic mass is 10.2. The molecule has 3 nitrogen and oxygen atoms in total. The molecule has 0 aliphatic heterocycles. The molecule has 98 valence electrons. The predicted molar refractivity (Wildman–Crippen MR) is 87.5 cm³/mol. The minimum atomic E-state index is 0. The van der Waals surface area contributed by atoms with Crippen molar-refractivity contribution in [3.8, 4) is 0 Å². The molecule has 0 aromatic carbocycles. The highest BCUT2D eigenvalue weighted by Gasteiger charge is 1.94. The fourth-order valence-electron chi connectivity index (χ4n) is 1.39. The van der Waals surface area contributed by atoms with Crippen LogP contribution in [0.15, 0.2) is 22.5 Å². The van der Waals surface area contributed by atoms with Gasteiger partial charge in [0.25, 0.3) is 0 Å². The summed E-state index contributed by atoms with van der Waals surface area (Å²) in [6.07, 6.45) is 4.60. The summed E-state index contributed by atoms with van der Waals surface area (Å²) >= 11 is 1.78. The van der Waals surface area contributed by atoms with Crippen LogP contribution in [-0.2, 0) is 6.42 Å². The molecular formula is C12H22IN3S. The highest BCUT2D eigenvalue weighted by atomic mass is 127. The van der Waals surface area contributed by atoms with Gasteiger partial charge in [-0.2, -0.15) is 0 Å². The Morgan fingerprint density at radius 3 is 2.94 bits per heavy atom. The number of nitrogens with zero attached hydrogens (tertiary/aromatic N) is 1.